The zero-order chi connectivity index (χ0) is 15.7. The third-order valence-electron chi connectivity index (χ3n) is 2.24. The summed E-state index contributed by atoms with van der Waals surface area (Å²) in [6.45, 7) is 1.76. The molecule has 0 aliphatic heterocycles. The van der Waals surface area contributed by atoms with E-state index in [0.717, 1.165) is 5.56 Å². The van der Waals surface area contributed by atoms with Crippen molar-refractivity contribution in [2.45, 2.75) is 6.92 Å². The smallest absolute Gasteiger partial charge is 0.741 e. The molecular weight excluding hydrogens is 370 g/mol. The second kappa shape index (κ2) is 11.0. The number of pyridine rings is 1. The van der Waals surface area contributed by atoms with Gasteiger partial charge >= 0.3 is 17.1 Å². The van der Waals surface area contributed by atoms with E-state index in [1.165, 1.54) is 0 Å². The second-order valence-corrected chi connectivity index (χ2v) is 4.46. The molecule has 2 N–H and O–H groups in total. The average molecular weight is 385 g/mol. The van der Waals surface area contributed by atoms with Gasteiger partial charge in [0, 0.05) is 32.1 Å². The molecule has 0 amide bonds. The van der Waals surface area contributed by atoms with E-state index in [-0.39, 0.29) is 27.4 Å². The Morgan fingerprint density at radius 2 is 1.64 bits per heavy atom. The first kappa shape index (κ1) is 20.4. The van der Waals surface area contributed by atoms with Crippen LogP contribution in [0.5, 0.6) is 0 Å². The summed E-state index contributed by atoms with van der Waals surface area (Å²) < 4.78 is 0. The van der Waals surface area contributed by atoms with Crippen LogP contribution >= 0.6 is 0 Å². The first-order valence-corrected chi connectivity index (χ1v) is 6.78. The Morgan fingerprint density at radius 3 is 2.14 bits per heavy atom. The fourth-order valence-electron chi connectivity index (χ4n) is 1.21. The molecule has 1 radical (unpaired) electrons. The van der Waals surface area contributed by atoms with Gasteiger partial charge in [-0.2, -0.15) is 15.3 Å². The molecule has 7 nitrogen and oxygen atoms in total. The molecule has 0 spiro atoms. The topological polar surface area (TPSA) is 86.4 Å². The summed E-state index contributed by atoms with van der Waals surface area (Å²) in [4.78, 5) is 4.05. The number of amidine groups is 2. The Bertz CT molecular complexity index is 584. The quantitative estimate of drug-likeness (QED) is 0.258. The van der Waals surface area contributed by atoms with Gasteiger partial charge < -0.3 is 35.9 Å². The van der Waals surface area contributed by atoms with Crippen molar-refractivity contribution in [1.29, 1.82) is 0 Å². The molecule has 0 aromatic carbocycles. The van der Waals surface area contributed by atoms with Crippen molar-refractivity contribution in [2.75, 3.05) is 14.1 Å². The van der Waals surface area contributed by atoms with Crippen LogP contribution in [0.15, 0.2) is 44.9 Å². The zero-order valence-corrected chi connectivity index (χ0v) is 14.7. The standard InChI is InChI=1S/C12H17N7S2.Cu/c1-8(16-18-11(20)13-2)10(17-19-12(21)14-3)9-5-4-6-15-7-9;/h4-7H,1-3H3,(H2,13,18,20)(H2,14,19,21);/q;+2/p-2. The Hall–Kier alpha value is -1.61. The van der Waals surface area contributed by atoms with E-state index in [1.807, 2.05) is 6.07 Å². The van der Waals surface area contributed by atoms with Gasteiger partial charge in [0.25, 0.3) is 0 Å². The van der Waals surface area contributed by atoms with E-state index < -0.39 is 0 Å². The average Bonchev–Trinajstić information content (AvgIpc) is 2.53. The predicted octanol–water partition coefficient (Wildman–Crippen LogP) is 0.404. The summed E-state index contributed by atoms with van der Waals surface area (Å²) in [5.74, 6) is 0. The normalized spacial score (nSPS) is 13.4. The molecular formula is C12H15CuN7S2. The van der Waals surface area contributed by atoms with Crippen molar-refractivity contribution in [3.05, 3.63) is 30.1 Å². The predicted molar refractivity (Wildman–Crippen MR) is 91.6 cm³/mol. The van der Waals surface area contributed by atoms with Crippen LogP contribution in [0.25, 0.3) is 0 Å². The van der Waals surface area contributed by atoms with Gasteiger partial charge in [0.15, 0.2) is 0 Å². The van der Waals surface area contributed by atoms with Crippen molar-refractivity contribution < 1.29 is 17.1 Å². The van der Waals surface area contributed by atoms with Crippen LogP contribution < -0.4 is 10.6 Å². The van der Waals surface area contributed by atoms with Crippen LogP contribution in [0.4, 0.5) is 0 Å². The van der Waals surface area contributed by atoms with Crippen LogP contribution in [0, 0.1) is 0 Å². The summed E-state index contributed by atoms with van der Waals surface area (Å²) in [6, 6.07) is 3.64. The minimum Gasteiger partial charge on any atom is -0.741 e. The van der Waals surface area contributed by atoms with E-state index in [4.69, 9.17) is 25.3 Å². The number of rotatable bonds is 4. The number of aromatic nitrogens is 1. The Labute approximate surface area is 151 Å². The van der Waals surface area contributed by atoms with Gasteiger partial charge in [0.05, 0.1) is 5.71 Å². The Morgan fingerprint density at radius 1 is 1.05 bits per heavy atom. The van der Waals surface area contributed by atoms with Gasteiger partial charge in [-0.3, -0.25) is 4.98 Å². The van der Waals surface area contributed by atoms with Gasteiger partial charge in [0.2, 0.25) is 0 Å². The van der Waals surface area contributed by atoms with Crippen molar-refractivity contribution in [3.63, 3.8) is 0 Å². The van der Waals surface area contributed by atoms with Crippen LogP contribution in [0.2, 0.25) is 0 Å². The SMILES string of the molecule is CNC([S-])=NN=C(C)C(=NN=C([S-])NC)c1cccnc1.[Cu+2]. The fraction of sp³-hybridized carbons (Fsp3) is 0.250. The van der Waals surface area contributed by atoms with E-state index in [2.05, 4.69) is 36.0 Å². The maximum Gasteiger partial charge on any atom is 2.00 e. The number of hydrogen-bond donors (Lipinski definition) is 2. The van der Waals surface area contributed by atoms with E-state index in [9.17, 15) is 0 Å². The van der Waals surface area contributed by atoms with Crippen molar-refractivity contribution >= 4 is 47.0 Å². The van der Waals surface area contributed by atoms with Crippen LogP contribution in [-0.4, -0.2) is 40.8 Å². The first-order chi connectivity index (χ1) is 10.1. The number of nitrogens with one attached hydrogen (secondary N) is 2. The molecule has 1 aromatic rings. The maximum atomic E-state index is 4.94. The Balaban J connectivity index is 0.00000441. The molecule has 0 unspecified atom stereocenters. The van der Waals surface area contributed by atoms with Crippen molar-refractivity contribution in [3.8, 4) is 0 Å². The first-order valence-electron chi connectivity index (χ1n) is 5.96. The van der Waals surface area contributed by atoms with Crippen LogP contribution in [0.1, 0.15) is 12.5 Å². The summed E-state index contributed by atoms with van der Waals surface area (Å²) in [6.07, 6.45) is 3.33. The van der Waals surface area contributed by atoms with Gasteiger partial charge in [0.1, 0.15) is 5.71 Å². The van der Waals surface area contributed by atoms with Crippen LogP contribution in [0.3, 0.4) is 0 Å². The molecule has 0 atom stereocenters. The van der Waals surface area contributed by atoms with Gasteiger partial charge in [-0.1, -0.05) is 0 Å². The molecule has 10 heteroatoms. The molecule has 1 rings (SSSR count). The molecule has 0 fully saturated rings. The molecule has 0 aliphatic rings. The monoisotopic (exact) mass is 384 g/mol. The molecule has 0 aliphatic carbocycles. The zero-order valence-electron chi connectivity index (χ0n) is 12.2. The molecule has 0 bridgehead atoms. The van der Waals surface area contributed by atoms with Gasteiger partial charge in [-0.15, -0.1) is 5.10 Å². The van der Waals surface area contributed by atoms with Gasteiger partial charge in [-0.25, -0.2) is 0 Å². The van der Waals surface area contributed by atoms with E-state index >= 15 is 0 Å². The minimum atomic E-state index is 0. The summed E-state index contributed by atoms with van der Waals surface area (Å²) in [5, 5.41) is 21.9. The molecule has 22 heavy (non-hydrogen) atoms. The summed E-state index contributed by atoms with van der Waals surface area (Å²) >= 11 is 9.85. The number of hydrogen-bond acceptors (Lipinski definition) is 7. The summed E-state index contributed by atoms with van der Waals surface area (Å²) in [5.41, 5.74) is 1.82. The second-order valence-electron chi connectivity index (χ2n) is 3.69. The van der Waals surface area contributed by atoms with E-state index in [0.29, 0.717) is 11.4 Å². The largest absolute Gasteiger partial charge is 2.00 e. The van der Waals surface area contributed by atoms with Crippen LogP contribution in [-0.2, 0) is 42.3 Å². The maximum absolute atomic E-state index is 4.94. The number of nitrogens with zero attached hydrogens (tertiary/aromatic N) is 5. The molecule has 121 valence electrons. The third-order valence-corrected chi connectivity index (χ3v) is 2.81. The van der Waals surface area contributed by atoms with E-state index in [1.54, 1.807) is 39.5 Å². The third kappa shape index (κ3) is 6.90. The molecule has 0 saturated carbocycles. The Kier molecular flexibility index (Phi) is 10.2. The molecule has 0 saturated heterocycles. The molecule has 1 heterocycles. The molecule has 1 aromatic heterocycles. The fourth-order valence-corrected chi connectivity index (χ4v) is 1.29. The summed E-state index contributed by atoms with van der Waals surface area (Å²) in [7, 11) is 3.35. The van der Waals surface area contributed by atoms with Crippen molar-refractivity contribution in [1.82, 2.24) is 15.6 Å². The van der Waals surface area contributed by atoms with Gasteiger partial charge in [-0.05, 0) is 29.4 Å². The minimum absolute atomic E-state index is 0. The van der Waals surface area contributed by atoms with Crippen molar-refractivity contribution in [2.24, 2.45) is 20.4 Å².